The van der Waals surface area contributed by atoms with E-state index in [1.807, 2.05) is 6.92 Å². The predicted octanol–water partition coefficient (Wildman–Crippen LogP) is 4.82. The minimum atomic E-state index is -3.96. The van der Waals surface area contributed by atoms with Crippen LogP contribution in [-0.2, 0) is 17.1 Å². The van der Waals surface area contributed by atoms with Gasteiger partial charge in [0.1, 0.15) is 34.9 Å². The molecule has 1 heterocycles. The monoisotopic (exact) mass is 481 g/mol. The number of nitrogens with one attached hydrogen (secondary N) is 1. The van der Waals surface area contributed by atoms with Gasteiger partial charge >= 0.3 is 0 Å². The van der Waals surface area contributed by atoms with Crippen LogP contribution in [0.4, 0.5) is 4.39 Å². The maximum Gasteiger partial charge on any atom is 0.241 e. The van der Waals surface area contributed by atoms with Crippen LogP contribution in [0.2, 0.25) is 0 Å². The van der Waals surface area contributed by atoms with Crippen molar-refractivity contribution in [3.8, 4) is 17.2 Å². The molecule has 0 spiro atoms. The molecule has 0 saturated carbocycles. The van der Waals surface area contributed by atoms with Gasteiger partial charge in [-0.2, -0.15) is 4.72 Å². The molecule has 3 aromatic carbocycles. The Morgan fingerprint density at radius 2 is 1.65 bits per heavy atom. The van der Waals surface area contributed by atoms with Crippen molar-refractivity contribution in [3.63, 3.8) is 0 Å². The number of hydrogen-bond donors (Lipinski definition) is 1. The van der Waals surface area contributed by atoms with Gasteiger partial charge in [-0.25, -0.2) is 17.8 Å². The van der Waals surface area contributed by atoms with Crippen LogP contribution in [0.25, 0.3) is 0 Å². The van der Waals surface area contributed by atoms with Crippen molar-refractivity contribution in [1.29, 1.82) is 0 Å². The maximum absolute atomic E-state index is 13.9. The van der Waals surface area contributed by atoms with E-state index in [1.165, 1.54) is 30.3 Å². The summed E-state index contributed by atoms with van der Waals surface area (Å²) in [4.78, 5) is 4.31. The second-order valence-corrected chi connectivity index (χ2v) is 9.20. The lowest BCUT2D eigenvalue weighted by atomic mass is 10.1. The van der Waals surface area contributed by atoms with Gasteiger partial charge in [0.15, 0.2) is 0 Å². The van der Waals surface area contributed by atoms with Gasteiger partial charge in [0.05, 0.1) is 11.5 Å². The van der Waals surface area contributed by atoms with Crippen molar-refractivity contribution in [3.05, 3.63) is 102 Å². The Morgan fingerprint density at radius 3 is 2.24 bits per heavy atom. The van der Waals surface area contributed by atoms with Crippen molar-refractivity contribution in [1.82, 2.24) is 14.3 Å². The Bertz CT molecular complexity index is 1350. The first-order valence-electron chi connectivity index (χ1n) is 10.6. The minimum absolute atomic E-state index is 0.0437. The Hall–Kier alpha value is -3.69. The van der Waals surface area contributed by atoms with E-state index in [0.29, 0.717) is 29.5 Å². The fraction of sp³-hybridized carbons (Fsp3) is 0.160. The van der Waals surface area contributed by atoms with Gasteiger partial charge in [0, 0.05) is 19.4 Å². The van der Waals surface area contributed by atoms with Crippen LogP contribution in [0.3, 0.4) is 0 Å². The van der Waals surface area contributed by atoms with E-state index in [4.69, 9.17) is 9.47 Å². The first-order valence-corrected chi connectivity index (χ1v) is 12.1. The van der Waals surface area contributed by atoms with Gasteiger partial charge < -0.3 is 14.0 Å². The lowest BCUT2D eigenvalue weighted by Gasteiger charge is -2.19. The molecule has 0 aliphatic rings. The maximum atomic E-state index is 13.9. The lowest BCUT2D eigenvalue weighted by Crippen LogP contribution is -2.31. The summed E-state index contributed by atoms with van der Waals surface area (Å²) in [5, 5.41) is 0. The summed E-state index contributed by atoms with van der Waals surface area (Å²) in [6, 6.07) is 18.1. The van der Waals surface area contributed by atoms with Crippen LogP contribution in [0.5, 0.6) is 17.2 Å². The van der Waals surface area contributed by atoms with Crippen molar-refractivity contribution in [2.24, 2.45) is 7.05 Å². The van der Waals surface area contributed by atoms with E-state index in [2.05, 4.69) is 9.71 Å². The van der Waals surface area contributed by atoms with E-state index in [-0.39, 0.29) is 4.90 Å². The molecular weight excluding hydrogens is 457 g/mol. The first kappa shape index (κ1) is 23.5. The lowest BCUT2D eigenvalue weighted by molar-refractivity contribution is 0.339. The van der Waals surface area contributed by atoms with E-state index in [1.54, 1.807) is 66.5 Å². The molecule has 0 aliphatic carbocycles. The second-order valence-electron chi connectivity index (χ2n) is 7.48. The van der Waals surface area contributed by atoms with Crippen LogP contribution < -0.4 is 14.2 Å². The Balaban J connectivity index is 1.55. The molecule has 0 saturated heterocycles. The summed E-state index contributed by atoms with van der Waals surface area (Å²) in [7, 11) is -2.22. The number of ether oxygens (including phenoxy) is 2. The number of imidazole rings is 1. The largest absolute Gasteiger partial charge is 0.494 e. The molecule has 176 valence electrons. The highest BCUT2D eigenvalue weighted by atomic mass is 32.2. The summed E-state index contributed by atoms with van der Waals surface area (Å²) < 4.78 is 55.8. The summed E-state index contributed by atoms with van der Waals surface area (Å²) in [6.07, 6.45) is 3.26. The molecule has 0 radical (unpaired) electrons. The fourth-order valence-electron chi connectivity index (χ4n) is 3.43. The summed E-state index contributed by atoms with van der Waals surface area (Å²) in [5.41, 5.74) is 0.438. The molecule has 1 unspecified atom stereocenters. The van der Waals surface area contributed by atoms with Crippen LogP contribution in [-0.4, -0.2) is 24.6 Å². The third kappa shape index (κ3) is 5.44. The third-order valence-corrected chi connectivity index (χ3v) is 6.51. The third-order valence-electron chi connectivity index (χ3n) is 5.08. The van der Waals surface area contributed by atoms with E-state index in [9.17, 15) is 12.8 Å². The van der Waals surface area contributed by atoms with Gasteiger partial charge in [-0.3, -0.25) is 0 Å². The van der Waals surface area contributed by atoms with Gasteiger partial charge in [-0.15, -0.1) is 0 Å². The zero-order valence-corrected chi connectivity index (χ0v) is 19.5. The van der Waals surface area contributed by atoms with Crippen molar-refractivity contribution in [2.75, 3.05) is 6.61 Å². The van der Waals surface area contributed by atoms with E-state index >= 15 is 0 Å². The highest BCUT2D eigenvalue weighted by Crippen LogP contribution is 2.27. The van der Waals surface area contributed by atoms with Gasteiger partial charge in [-0.05, 0) is 73.2 Å². The molecule has 9 heteroatoms. The topological polar surface area (TPSA) is 82.4 Å². The van der Waals surface area contributed by atoms with Crippen LogP contribution >= 0.6 is 0 Å². The van der Waals surface area contributed by atoms with Crippen LogP contribution in [0.1, 0.15) is 24.4 Å². The smallest absolute Gasteiger partial charge is 0.241 e. The first-order chi connectivity index (χ1) is 16.4. The molecule has 1 N–H and O–H groups in total. The van der Waals surface area contributed by atoms with Crippen molar-refractivity contribution < 1.29 is 22.3 Å². The molecule has 1 atom stereocenters. The molecule has 0 amide bonds. The fourth-order valence-corrected chi connectivity index (χ4v) is 4.61. The van der Waals surface area contributed by atoms with E-state index < -0.39 is 21.9 Å². The Morgan fingerprint density at radius 1 is 1.00 bits per heavy atom. The number of rotatable bonds is 9. The predicted molar refractivity (Wildman–Crippen MR) is 126 cm³/mol. The molecular formula is C25H24FN3O4S. The van der Waals surface area contributed by atoms with Gasteiger partial charge in [-0.1, -0.05) is 12.1 Å². The number of aryl methyl sites for hydroxylation is 1. The second kappa shape index (κ2) is 10.1. The quantitative estimate of drug-likeness (QED) is 0.371. The van der Waals surface area contributed by atoms with Crippen molar-refractivity contribution >= 4 is 10.0 Å². The number of nitrogens with zero attached hydrogens (tertiary/aromatic N) is 2. The summed E-state index contributed by atoms with van der Waals surface area (Å²) in [6.45, 7) is 2.48. The van der Waals surface area contributed by atoms with Gasteiger partial charge in [0.2, 0.25) is 10.0 Å². The molecule has 0 bridgehead atoms. The number of sulfonamides is 1. The average Bonchev–Trinajstić information content (AvgIpc) is 3.25. The number of aromatic nitrogens is 2. The van der Waals surface area contributed by atoms with Crippen LogP contribution in [0.15, 0.2) is 90.1 Å². The highest BCUT2D eigenvalue weighted by molar-refractivity contribution is 7.89. The molecule has 0 aliphatic heterocycles. The Kier molecular flexibility index (Phi) is 6.95. The van der Waals surface area contributed by atoms with Crippen LogP contribution in [0, 0.1) is 5.82 Å². The number of benzene rings is 3. The molecule has 7 nitrogen and oxygen atoms in total. The molecule has 4 rings (SSSR count). The SMILES string of the molecule is CCOc1ccc(Oc2ccc(S(=O)(=O)NC(c3cccc(F)c3)c3nccn3C)cc2)cc1. The Labute approximate surface area is 197 Å². The number of halogens is 1. The van der Waals surface area contributed by atoms with E-state index in [0.717, 1.165) is 5.75 Å². The molecule has 4 aromatic rings. The molecule has 34 heavy (non-hydrogen) atoms. The highest BCUT2D eigenvalue weighted by Gasteiger charge is 2.26. The summed E-state index contributed by atoms with van der Waals surface area (Å²) in [5.74, 6) is 1.78. The average molecular weight is 482 g/mol. The minimum Gasteiger partial charge on any atom is -0.494 e. The van der Waals surface area contributed by atoms with Crippen molar-refractivity contribution in [2.45, 2.75) is 17.9 Å². The normalized spacial score (nSPS) is 12.3. The zero-order valence-electron chi connectivity index (χ0n) is 18.7. The molecule has 1 aromatic heterocycles. The zero-order chi connectivity index (χ0) is 24.1. The standard InChI is InChI=1S/C25H24FN3O4S/c1-3-32-20-7-9-21(10-8-20)33-22-11-13-23(14-12-22)34(30,31)28-24(25-27-15-16-29(25)2)18-5-4-6-19(26)17-18/h4-17,24,28H,3H2,1-2H3. The van der Waals surface area contributed by atoms with Gasteiger partial charge in [0.25, 0.3) is 0 Å². The number of hydrogen-bond acceptors (Lipinski definition) is 5. The molecule has 0 fully saturated rings. The summed E-state index contributed by atoms with van der Waals surface area (Å²) >= 11 is 0.